The van der Waals surface area contributed by atoms with E-state index in [2.05, 4.69) is 32.9 Å². The fourth-order valence-corrected chi connectivity index (χ4v) is 2.75. The van der Waals surface area contributed by atoms with Crippen LogP contribution >= 0.6 is 0 Å². The van der Waals surface area contributed by atoms with E-state index in [0.29, 0.717) is 0 Å². The Kier molecular flexibility index (Phi) is 7.05. The molecule has 0 saturated heterocycles. The first-order chi connectivity index (χ1) is 10.3. The van der Waals surface area contributed by atoms with Crippen LogP contribution in [0.4, 0.5) is 0 Å². The summed E-state index contributed by atoms with van der Waals surface area (Å²) >= 11 is 0. The minimum Gasteiger partial charge on any atom is -0.392 e. The molecule has 0 aliphatic heterocycles. The number of allylic oxidation sites excluding steroid dienone is 8. The molecule has 0 aromatic rings. The van der Waals surface area contributed by atoms with Crippen LogP contribution in [0.2, 0.25) is 0 Å². The fraction of sp³-hybridized carbons (Fsp3) is 0.500. The lowest BCUT2D eigenvalue weighted by Gasteiger charge is -2.35. The molecule has 1 aliphatic carbocycles. The van der Waals surface area contributed by atoms with Gasteiger partial charge in [-0.05, 0) is 50.2 Å². The summed E-state index contributed by atoms with van der Waals surface area (Å²) in [4.78, 5) is 0. The topological polar surface area (TPSA) is 40.5 Å². The second kappa shape index (κ2) is 8.30. The maximum Gasteiger partial charge on any atom is 0.0753 e. The van der Waals surface area contributed by atoms with Crippen LogP contribution in [0.3, 0.4) is 0 Å². The Bertz CT molecular complexity index is 528. The number of aliphatic hydroxyl groups excluding tert-OH is 2. The molecule has 22 heavy (non-hydrogen) atoms. The largest absolute Gasteiger partial charge is 0.392 e. The van der Waals surface area contributed by atoms with E-state index in [0.717, 1.165) is 29.6 Å². The highest BCUT2D eigenvalue weighted by atomic mass is 16.3. The zero-order valence-corrected chi connectivity index (χ0v) is 14.6. The van der Waals surface area contributed by atoms with Gasteiger partial charge in [0.05, 0.1) is 12.7 Å². The molecule has 2 N–H and O–H groups in total. The highest BCUT2D eigenvalue weighted by Gasteiger charge is 2.30. The Morgan fingerprint density at radius 1 is 1.23 bits per heavy atom. The molecule has 2 heteroatoms. The molecule has 1 aliphatic rings. The molecular formula is C20H30O2. The van der Waals surface area contributed by atoms with Gasteiger partial charge in [0.15, 0.2) is 0 Å². The Labute approximate surface area is 135 Å². The van der Waals surface area contributed by atoms with Crippen LogP contribution in [0.25, 0.3) is 0 Å². The monoisotopic (exact) mass is 302 g/mol. The van der Waals surface area contributed by atoms with E-state index in [-0.39, 0.29) is 18.1 Å². The minimum absolute atomic E-state index is 0.0730. The molecule has 0 fully saturated rings. The van der Waals surface area contributed by atoms with Gasteiger partial charge in [0, 0.05) is 0 Å². The Balaban J connectivity index is 2.86. The van der Waals surface area contributed by atoms with Crippen LogP contribution in [-0.2, 0) is 0 Å². The van der Waals surface area contributed by atoms with E-state index in [1.807, 2.05) is 32.1 Å². The third kappa shape index (κ3) is 5.43. The second-order valence-electron chi connectivity index (χ2n) is 6.77. The van der Waals surface area contributed by atoms with Crippen LogP contribution < -0.4 is 0 Å². The zero-order valence-electron chi connectivity index (χ0n) is 14.6. The quantitative estimate of drug-likeness (QED) is 0.735. The van der Waals surface area contributed by atoms with Gasteiger partial charge in [0.2, 0.25) is 0 Å². The van der Waals surface area contributed by atoms with E-state index >= 15 is 0 Å². The molecule has 2 nitrogen and oxygen atoms in total. The van der Waals surface area contributed by atoms with Crippen molar-refractivity contribution >= 4 is 0 Å². The molecule has 1 rings (SSSR count). The van der Waals surface area contributed by atoms with E-state index in [4.69, 9.17) is 5.11 Å². The van der Waals surface area contributed by atoms with Gasteiger partial charge in [-0.1, -0.05) is 61.4 Å². The van der Waals surface area contributed by atoms with Crippen molar-refractivity contribution in [2.24, 2.45) is 5.41 Å². The third-order valence-corrected chi connectivity index (χ3v) is 4.34. The molecule has 0 spiro atoms. The average molecular weight is 302 g/mol. The van der Waals surface area contributed by atoms with Crippen molar-refractivity contribution in [1.82, 2.24) is 0 Å². The van der Waals surface area contributed by atoms with Gasteiger partial charge in [0.25, 0.3) is 0 Å². The van der Waals surface area contributed by atoms with Crippen LogP contribution in [0.5, 0.6) is 0 Å². The molecular weight excluding hydrogens is 272 g/mol. The number of hydrogen-bond acceptors (Lipinski definition) is 2. The summed E-state index contributed by atoms with van der Waals surface area (Å²) in [5.41, 5.74) is 4.67. The van der Waals surface area contributed by atoms with Crippen molar-refractivity contribution in [1.29, 1.82) is 0 Å². The third-order valence-electron chi connectivity index (χ3n) is 4.34. The predicted molar refractivity (Wildman–Crippen MR) is 94.6 cm³/mol. The van der Waals surface area contributed by atoms with E-state index < -0.39 is 0 Å². The first-order valence-corrected chi connectivity index (χ1v) is 7.98. The first-order valence-electron chi connectivity index (χ1n) is 7.98. The van der Waals surface area contributed by atoms with Gasteiger partial charge in [-0.15, -0.1) is 0 Å². The maximum absolute atomic E-state index is 10.1. The summed E-state index contributed by atoms with van der Waals surface area (Å²) in [7, 11) is 0. The Morgan fingerprint density at radius 2 is 1.91 bits per heavy atom. The standard InChI is InChI=1S/C20H30O2/c1-15(7-6-8-16(2)12-14-21)9-10-18-17(3)19(22)11-13-20(18,4)5/h6-10,12,19,21-22H,11,13-14H2,1-5H3. The number of rotatable bonds is 5. The SMILES string of the molecule is CC(C=CC1=C(C)C(O)CCC1(C)C)=CC=CC(C)=CCO. The van der Waals surface area contributed by atoms with E-state index in [1.54, 1.807) is 6.08 Å². The molecule has 1 atom stereocenters. The Hall–Kier alpha value is -1.38. The highest BCUT2D eigenvalue weighted by molar-refractivity contribution is 5.38. The molecule has 0 saturated carbocycles. The number of hydrogen-bond donors (Lipinski definition) is 2. The van der Waals surface area contributed by atoms with E-state index in [9.17, 15) is 5.11 Å². The first kappa shape index (κ1) is 18.7. The lowest BCUT2D eigenvalue weighted by molar-refractivity contribution is 0.163. The molecule has 0 radical (unpaired) electrons. The summed E-state index contributed by atoms with van der Waals surface area (Å²) in [5, 5.41) is 18.9. The Morgan fingerprint density at radius 3 is 2.55 bits per heavy atom. The van der Waals surface area contributed by atoms with Gasteiger partial charge in [0.1, 0.15) is 0 Å². The fourth-order valence-electron chi connectivity index (χ4n) is 2.75. The van der Waals surface area contributed by atoms with Crippen LogP contribution in [0, 0.1) is 5.41 Å². The van der Waals surface area contributed by atoms with Crippen LogP contribution in [0.1, 0.15) is 47.5 Å². The van der Waals surface area contributed by atoms with Gasteiger partial charge < -0.3 is 10.2 Å². The average Bonchev–Trinajstić information content (AvgIpc) is 2.43. The summed E-state index contributed by atoms with van der Waals surface area (Å²) < 4.78 is 0. The minimum atomic E-state index is -0.303. The lowest BCUT2D eigenvalue weighted by atomic mass is 9.71. The molecule has 122 valence electrons. The summed E-state index contributed by atoms with van der Waals surface area (Å²) in [5.74, 6) is 0. The summed E-state index contributed by atoms with van der Waals surface area (Å²) in [6.07, 6.45) is 13.6. The molecule has 0 heterocycles. The smallest absolute Gasteiger partial charge is 0.0753 e. The predicted octanol–water partition coefficient (Wildman–Crippen LogP) is 4.48. The van der Waals surface area contributed by atoms with Crippen molar-refractivity contribution in [3.8, 4) is 0 Å². The van der Waals surface area contributed by atoms with Crippen molar-refractivity contribution < 1.29 is 10.2 Å². The summed E-state index contributed by atoms with van der Waals surface area (Å²) in [6.45, 7) is 10.6. The van der Waals surface area contributed by atoms with Crippen molar-refractivity contribution in [2.75, 3.05) is 6.61 Å². The van der Waals surface area contributed by atoms with Gasteiger partial charge >= 0.3 is 0 Å². The van der Waals surface area contributed by atoms with Gasteiger partial charge in [-0.25, -0.2) is 0 Å². The molecule has 0 aromatic carbocycles. The highest BCUT2D eigenvalue weighted by Crippen LogP contribution is 2.40. The molecule has 1 unspecified atom stereocenters. The second-order valence-corrected chi connectivity index (χ2v) is 6.77. The number of aliphatic hydroxyl groups is 2. The normalized spacial score (nSPS) is 23.9. The lowest BCUT2D eigenvalue weighted by Crippen LogP contribution is -2.27. The van der Waals surface area contributed by atoms with Gasteiger partial charge in [-0.3, -0.25) is 0 Å². The molecule has 0 amide bonds. The van der Waals surface area contributed by atoms with Crippen molar-refractivity contribution in [2.45, 2.75) is 53.6 Å². The van der Waals surface area contributed by atoms with Crippen LogP contribution in [0.15, 0.2) is 58.7 Å². The summed E-state index contributed by atoms with van der Waals surface area (Å²) in [6, 6.07) is 0. The zero-order chi connectivity index (χ0) is 16.8. The molecule has 0 bridgehead atoms. The van der Waals surface area contributed by atoms with Crippen molar-refractivity contribution in [3.63, 3.8) is 0 Å². The van der Waals surface area contributed by atoms with E-state index in [1.165, 1.54) is 5.57 Å². The van der Waals surface area contributed by atoms with Crippen LogP contribution in [-0.4, -0.2) is 22.9 Å². The maximum atomic E-state index is 10.1. The van der Waals surface area contributed by atoms with Gasteiger partial charge in [-0.2, -0.15) is 0 Å². The van der Waals surface area contributed by atoms with Crippen molar-refractivity contribution in [3.05, 3.63) is 58.7 Å². The molecule has 0 aromatic heterocycles.